The van der Waals surface area contributed by atoms with Gasteiger partial charge in [0.05, 0.1) is 28.1 Å². The Morgan fingerprint density at radius 1 is 0.833 bits per heavy atom. The Morgan fingerprint density at radius 2 is 1.33 bits per heavy atom. The van der Waals surface area contributed by atoms with Gasteiger partial charge in [-0.15, -0.1) is 0 Å². The molecule has 0 spiro atoms. The molecule has 8 nitrogen and oxygen atoms in total. The summed E-state index contributed by atoms with van der Waals surface area (Å²) in [5, 5.41) is 25.6. The van der Waals surface area contributed by atoms with Crippen molar-refractivity contribution in [2.75, 3.05) is 11.5 Å². The van der Waals surface area contributed by atoms with Crippen LogP contribution in [0.1, 0.15) is 31.1 Å². The van der Waals surface area contributed by atoms with Crippen LogP contribution in [0.4, 0.5) is 15.8 Å². The van der Waals surface area contributed by atoms with Crippen LogP contribution in [0.2, 0.25) is 0 Å². The Bertz CT molecular complexity index is 774. The molecule has 0 aliphatic carbocycles. The maximum atomic E-state index is 12.4. The van der Waals surface area contributed by atoms with Gasteiger partial charge in [0.25, 0.3) is 0 Å². The van der Waals surface area contributed by atoms with Crippen molar-refractivity contribution < 1.29 is 34.1 Å². The average molecular weight is 336 g/mol. The second-order valence-electron chi connectivity index (χ2n) is 4.42. The van der Waals surface area contributed by atoms with E-state index in [0.29, 0.717) is 0 Å². The fourth-order valence-corrected chi connectivity index (χ4v) is 1.61. The standard InChI is InChI=1S/C8H7NO4.C7H6FNO2/c9-6-4(7(10)11)2-1-3-5(6)8(12)13;8-5-2-1-4(7(10)11)3-6(5)9/h1-3H,9H2,(H,10,11)(H,12,13);1-3H,9H2,(H,10,11). The lowest BCUT2D eigenvalue weighted by Crippen LogP contribution is -2.08. The van der Waals surface area contributed by atoms with Crippen LogP contribution in [0, 0.1) is 5.82 Å². The zero-order valence-electron chi connectivity index (χ0n) is 12.1. The maximum absolute atomic E-state index is 12.4. The van der Waals surface area contributed by atoms with Crippen LogP contribution in [-0.2, 0) is 0 Å². The molecule has 0 radical (unpaired) electrons. The van der Waals surface area contributed by atoms with E-state index in [4.69, 9.17) is 26.8 Å². The fraction of sp³-hybridized carbons (Fsp3) is 0. The van der Waals surface area contributed by atoms with Crippen LogP contribution in [-0.4, -0.2) is 33.2 Å². The van der Waals surface area contributed by atoms with Gasteiger partial charge in [0.2, 0.25) is 0 Å². The van der Waals surface area contributed by atoms with E-state index < -0.39 is 23.7 Å². The number of hydrogen-bond donors (Lipinski definition) is 5. The normalized spacial score (nSPS) is 9.54. The molecule has 0 saturated carbocycles. The molecule has 0 bridgehead atoms. The molecule has 0 aromatic heterocycles. The molecule has 9 heteroatoms. The van der Waals surface area contributed by atoms with Crippen molar-refractivity contribution in [3.8, 4) is 0 Å². The molecular weight excluding hydrogens is 323 g/mol. The summed E-state index contributed by atoms with van der Waals surface area (Å²) in [7, 11) is 0. The molecule has 2 rings (SSSR count). The zero-order chi connectivity index (χ0) is 18.4. The summed E-state index contributed by atoms with van der Waals surface area (Å²) in [4.78, 5) is 31.3. The molecule has 0 unspecified atom stereocenters. The number of hydrogen-bond acceptors (Lipinski definition) is 5. The van der Waals surface area contributed by atoms with E-state index in [1.807, 2.05) is 0 Å². The van der Waals surface area contributed by atoms with E-state index in [2.05, 4.69) is 0 Å². The van der Waals surface area contributed by atoms with Gasteiger partial charge in [-0.25, -0.2) is 18.8 Å². The van der Waals surface area contributed by atoms with Crippen molar-refractivity contribution in [3.63, 3.8) is 0 Å². The Hall–Kier alpha value is -3.62. The van der Waals surface area contributed by atoms with Crippen molar-refractivity contribution in [2.45, 2.75) is 0 Å². The second kappa shape index (κ2) is 7.58. The number of aromatic carboxylic acids is 3. The molecule has 24 heavy (non-hydrogen) atoms. The first-order chi connectivity index (χ1) is 11.1. The van der Waals surface area contributed by atoms with Crippen LogP contribution in [0.3, 0.4) is 0 Å². The molecule has 0 fully saturated rings. The van der Waals surface area contributed by atoms with E-state index >= 15 is 0 Å². The first-order valence-corrected chi connectivity index (χ1v) is 6.28. The van der Waals surface area contributed by atoms with Crippen LogP contribution in [0.15, 0.2) is 36.4 Å². The topological polar surface area (TPSA) is 164 Å². The van der Waals surface area contributed by atoms with Gasteiger partial charge in [0.15, 0.2) is 0 Å². The number of carboxylic acid groups (broad SMARTS) is 3. The lowest BCUT2D eigenvalue weighted by Gasteiger charge is -2.03. The van der Waals surface area contributed by atoms with E-state index in [9.17, 15) is 18.8 Å². The summed E-state index contributed by atoms with van der Waals surface area (Å²) in [6.45, 7) is 0. The highest BCUT2D eigenvalue weighted by atomic mass is 19.1. The highest BCUT2D eigenvalue weighted by Gasteiger charge is 2.14. The van der Waals surface area contributed by atoms with E-state index in [-0.39, 0.29) is 28.1 Å². The Morgan fingerprint density at radius 3 is 1.71 bits per heavy atom. The van der Waals surface area contributed by atoms with Gasteiger partial charge >= 0.3 is 17.9 Å². The monoisotopic (exact) mass is 336 g/mol. The summed E-state index contributed by atoms with van der Waals surface area (Å²) in [5.74, 6) is -4.19. The van der Waals surface area contributed by atoms with Crippen LogP contribution in [0.5, 0.6) is 0 Å². The van der Waals surface area contributed by atoms with Gasteiger partial charge in [-0.2, -0.15) is 0 Å². The molecule has 0 atom stereocenters. The predicted octanol–water partition coefficient (Wildman–Crippen LogP) is 1.77. The summed E-state index contributed by atoms with van der Waals surface area (Å²) in [5.41, 5.74) is 9.68. The number of para-hydroxylation sites is 1. The minimum atomic E-state index is -1.24. The first kappa shape index (κ1) is 18.4. The Balaban J connectivity index is 0.000000243. The van der Waals surface area contributed by atoms with Crippen LogP contribution in [0.25, 0.3) is 0 Å². The third kappa shape index (κ3) is 4.44. The molecule has 0 saturated heterocycles. The van der Waals surface area contributed by atoms with Crippen LogP contribution < -0.4 is 11.5 Å². The van der Waals surface area contributed by atoms with E-state index in [1.165, 1.54) is 18.2 Å². The zero-order valence-corrected chi connectivity index (χ0v) is 12.1. The number of carbonyl (C=O) groups is 3. The van der Waals surface area contributed by atoms with Gasteiger partial charge in [0.1, 0.15) is 5.82 Å². The summed E-state index contributed by atoms with van der Waals surface area (Å²) < 4.78 is 12.4. The lowest BCUT2D eigenvalue weighted by molar-refractivity contribution is 0.0683. The molecule has 7 N–H and O–H groups in total. The minimum Gasteiger partial charge on any atom is -0.478 e. The Kier molecular flexibility index (Phi) is 5.82. The van der Waals surface area contributed by atoms with Gasteiger partial charge in [-0.05, 0) is 30.3 Å². The van der Waals surface area contributed by atoms with Gasteiger partial charge in [0, 0.05) is 0 Å². The summed E-state index contributed by atoms with van der Waals surface area (Å²) >= 11 is 0. The van der Waals surface area contributed by atoms with Gasteiger partial charge in [-0.1, -0.05) is 6.07 Å². The number of halogens is 1. The molecule has 0 amide bonds. The number of anilines is 2. The lowest BCUT2D eigenvalue weighted by atomic mass is 10.1. The summed E-state index contributed by atoms with van der Waals surface area (Å²) in [6.07, 6.45) is 0. The molecule has 0 heterocycles. The molecule has 2 aromatic rings. The number of nitrogen functional groups attached to an aromatic ring is 2. The number of benzene rings is 2. The highest BCUT2D eigenvalue weighted by molar-refractivity contribution is 6.02. The molecule has 126 valence electrons. The van der Waals surface area contributed by atoms with Gasteiger partial charge < -0.3 is 26.8 Å². The van der Waals surface area contributed by atoms with Crippen molar-refractivity contribution in [3.05, 3.63) is 58.9 Å². The highest BCUT2D eigenvalue weighted by Crippen LogP contribution is 2.17. The minimum absolute atomic E-state index is 0.0103. The number of carboxylic acids is 3. The van der Waals surface area contributed by atoms with E-state index in [0.717, 1.165) is 18.2 Å². The Labute approximate surface area is 134 Å². The molecule has 0 aliphatic heterocycles. The average Bonchev–Trinajstić information content (AvgIpc) is 2.50. The molecular formula is C15H13FN2O6. The van der Waals surface area contributed by atoms with Crippen molar-refractivity contribution in [1.29, 1.82) is 0 Å². The predicted molar refractivity (Wildman–Crippen MR) is 82.5 cm³/mol. The second-order valence-corrected chi connectivity index (χ2v) is 4.42. The largest absolute Gasteiger partial charge is 0.478 e. The smallest absolute Gasteiger partial charge is 0.337 e. The SMILES string of the molecule is Nc1c(C(=O)O)cccc1C(=O)O.Nc1cc(C(=O)O)ccc1F. The third-order valence-electron chi connectivity index (χ3n) is 2.81. The molecule has 2 aromatic carbocycles. The maximum Gasteiger partial charge on any atom is 0.337 e. The third-order valence-corrected chi connectivity index (χ3v) is 2.81. The summed E-state index contributed by atoms with van der Waals surface area (Å²) in [6, 6.07) is 7.11. The van der Waals surface area contributed by atoms with Crippen molar-refractivity contribution in [1.82, 2.24) is 0 Å². The van der Waals surface area contributed by atoms with Gasteiger partial charge in [-0.3, -0.25) is 0 Å². The number of rotatable bonds is 3. The number of nitrogens with two attached hydrogens (primary N) is 2. The quantitative estimate of drug-likeness (QED) is 0.529. The first-order valence-electron chi connectivity index (χ1n) is 6.28. The molecule has 0 aliphatic rings. The van der Waals surface area contributed by atoms with E-state index in [1.54, 1.807) is 0 Å². The van der Waals surface area contributed by atoms with Crippen molar-refractivity contribution in [2.24, 2.45) is 0 Å². The van der Waals surface area contributed by atoms with Crippen molar-refractivity contribution >= 4 is 29.3 Å². The fourth-order valence-electron chi connectivity index (χ4n) is 1.61. The van der Waals surface area contributed by atoms with Crippen LogP contribution >= 0.6 is 0 Å².